The molecular formula is C31H35N5O5S. The minimum atomic E-state index is -1.25. The van der Waals surface area contributed by atoms with Gasteiger partial charge in [-0.2, -0.15) is 0 Å². The first-order chi connectivity index (χ1) is 20.4. The molecule has 0 saturated carbocycles. The number of nitrogens with zero attached hydrogens (tertiary/aromatic N) is 5. The minimum absolute atomic E-state index is 0.228. The zero-order valence-electron chi connectivity index (χ0n) is 23.9. The van der Waals surface area contributed by atoms with Gasteiger partial charge in [0.25, 0.3) is 0 Å². The van der Waals surface area contributed by atoms with Crippen molar-refractivity contribution >= 4 is 38.3 Å². The number of hydrogen-bond donors (Lipinski definition) is 1. The Labute approximate surface area is 248 Å². The lowest BCUT2D eigenvalue weighted by Crippen LogP contribution is -2.47. The summed E-state index contributed by atoms with van der Waals surface area (Å²) in [6, 6.07) is 15.4. The van der Waals surface area contributed by atoms with Gasteiger partial charge in [0.05, 0.1) is 28.6 Å². The molecule has 11 heteroatoms. The van der Waals surface area contributed by atoms with Gasteiger partial charge in [-0.05, 0) is 42.3 Å². The van der Waals surface area contributed by atoms with Crippen molar-refractivity contribution in [3.05, 3.63) is 70.5 Å². The van der Waals surface area contributed by atoms with Crippen LogP contribution in [-0.4, -0.2) is 98.3 Å². The normalized spacial score (nSPS) is 17.8. The van der Waals surface area contributed by atoms with E-state index in [0.29, 0.717) is 5.69 Å². The first-order valence-corrected chi connectivity index (χ1v) is 15.0. The molecule has 0 unspecified atom stereocenters. The number of anilines is 2. The second-order valence-corrected chi connectivity index (χ2v) is 11.7. The third-order valence-electron chi connectivity index (χ3n) is 8.18. The van der Waals surface area contributed by atoms with E-state index in [4.69, 9.17) is 14.5 Å². The maximum atomic E-state index is 12.8. The summed E-state index contributed by atoms with van der Waals surface area (Å²) in [6.45, 7) is 7.17. The molecule has 2 aromatic carbocycles. The number of carboxylic acid groups (broad SMARTS) is 1. The zero-order valence-corrected chi connectivity index (χ0v) is 24.7. The number of carboxylic acids is 1. The molecule has 6 rings (SSSR count). The molecule has 2 aliphatic rings. The van der Waals surface area contributed by atoms with Gasteiger partial charge < -0.3 is 28.9 Å². The van der Waals surface area contributed by atoms with Crippen molar-refractivity contribution in [2.75, 3.05) is 76.4 Å². The number of aromatic nitrogens is 2. The van der Waals surface area contributed by atoms with Gasteiger partial charge in [-0.25, -0.2) is 9.78 Å². The van der Waals surface area contributed by atoms with Crippen molar-refractivity contribution in [2.24, 2.45) is 0 Å². The predicted molar refractivity (Wildman–Crippen MR) is 166 cm³/mol. The van der Waals surface area contributed by atoms with Crippen LogP contribution in [0.15, 0.2) is 59.5 Å². The van der Waals surface area contributed by atoms with E-state index in [-0.39, 0.29) is 11.7 Å². The highest BCUT2D eigenvalue weighted by molar-refractivity contribution is 7.22. The summed E-state index contributed by atoms with van der Waals surface area (Å²) >= 11 is 1.63. The molecule has 2 fully saturated rings. The first-order valence-electron chi connectivity index (χ1n) is 14.2. The summed E-state index contributed by atoms with van der Waals surface area (Å²) in [5, 5.41) is 10.7. The van der Waals surface area contributed by atoms with Gasteiger partial charge in [-0.1, -0.05) is 23.5 Å². The van der Waals surface area contributed by atoms with Crippen LogP contribution in [0.5, 0.6) is 0 Å². The monoisotopic (exact) mass is 589 g/mol. The number of piperazine rings is 1. The topological polar surface area (TPSA) is 100 Å². The Morgan fingerprint density at radius 3 is 2.45 bits per heavy atom. The van der Waals surface area contributed by atoms with Crippen molar-refractivity contribution < 1.29 is 19.4 Å². The van der Waals surface area contributed by atoms with E-state index in [2.05, 4.69) is 14.7 Å². The maximum Gasteiger partial charge on any atom is 0.341 e. The van der Waals surface area contributed by atoms with Crippen LogP contribution >= 0.6 is 11.3 Å². The molecular weight excluding hydrogens is 554 g/mol. The highest BCUT2D eigenvalue weighted by atomic mass is 32.1. The quantitative estimate of drug-likeness (QED) is 0.312. The van der Waals surface area contributed by atoms with E-state index >= 15 is 0 Å². The molecule has 1 N–H and O–H groups in total. The summed E-state index contributed by atoms with van der Waals surface area (Å²) in [7, 11) is 3.47. The molecule has 0 radical (unpaired) electrons. The van der Waals surface area contributed by atoms with E-state index in [1.54, 1.807) is 30.1 Å². The predicted octanol–water partition coefficient (Wildman–Crippen LogP) is 3.81. The average molecular weight is 590 g/mol. The standard InChI is InChI=1S/C31H35N5O5S/c1-40-16-15-33-11-13-34(14-12-33)31-32-26-8-7-23(17-29(26)42-31)36-20-25(30(38)39)28(37)18-27(36)21-3-5-22(6-4-21)35-10-9-24(19-35)41-2/h3-8,17-18,20,24H,9-16,19H2,1-2H3,(H,38,39)/t24-/m1/s1. The lowest BCUT2D eigenvalue weighted by Gasteiger charge is -2.34. The molecule has 0 bridgehead atoms. The molecule has 0 amide bonds. The number of hydrogen-bond acceptors (Lipinski definition) is 9. The molecule has 4 heterocycles. The van der Waals surface area contributed by atoms with Crippen LogP contribution in [0.4, 0.5) is 10.8 Å². The Bertz CT molecular complexity index is 1630. The fourth-order valence-corrected chi connectivity index (χ4v) is 6.75. The van der Waals surface area contributed by atoms with Gasteiger partial charge in [0.2, 0.25) is 0 Å². The maximum absolute atomic E-state index is 12.8. The summed E-state index contributed by atoms with van der Waals surface area (Å²) in [5.74, 6) is -1.25. The number of aromatic carboxylic acids is 1. The van der Waals surface area contributed by atoms with Crippen LogP contribution in [0.25, 0.3) is 27.2 Å². The molecule has 1 atom stereocenters. The number of benzene rings is 2. The Balaban J connectivity index is 1.31. The van der Waals surface area contributed by atoms with Crippen LogP contribution in [0.3, 0.4) is 0 Å². The van der Waals surface area contributed by atoms with Crippen molar-refractivity contribution in [3.8, 4) is 16.9 Å². The molecule has 2 aliphatic heterocycles. The van der Waals surface area contributed by atoms with E-state index in [1.165, 1.54) is 12.3 Å². The summed E-state index contributed by atoms with van der Waals surface area (Å²) in [6.07, 6.45) is 2.65. The summed E-state index contributed by atoms with van der Waals surface area (Å²) in [5.41, 5.74) is 3.42. The largest absolute Gasteiger partial charge is 0.477 e. The lowest BCUT2D eigenvalue weighted by atomic mass is 10.1. The van der Waals surface area contributed by atoms with Crippen molar-refractivity contribution in [1.82, 2.24) is 14.5 Å². The van der Waals surface area contributed by atoms with Gasteiger partial charge in [0.15, 0.2) is 10.6 Å². The Morgan fingerprint density at radius 1 is 1.00 bits per heavy atom. The second kappa shape index (κ2) is 12.2. The van der Waals surface area contributed by atoms with Gasteiger partial charge in [0.1, 0.15) is 5.56 Å². The molecule has 2 aromatic heterocycles. The minimum Gasteiger partial charge on any atom is -0.477 e. The van der Waals surface area contributed by atoms with Crippen LogP contribution in [0, 0.1) is 0 Å². The number of ether oxygens (including phenoxy) is 2. The Morgan fingerprint density at radius 2 is 1.76 bits per heavy atom. The number of pyridine rings is 1. The molecule has 4 aromatic rings. The number of rotatable bonds is 9. The lowest BCUT2D eigenvalue weighted by molar-refractivity contribution is 0.0695. The SMILES string of the molecule is COCCN1CCN(c2nc3ccc(-n4cc(C(=O)O)c(=O)cc4-c4ccc(N5CC[C@@H](OC)C5)cc4)cc3s2)CC1. The van der Waals surface area contributed by atoms with Crippen molar-refractivity contribution in [3.63, 3.8) is 0 Å². The third-order valence-corrected chi connectivity index (χ3v) is 9.26. The molecule has 2 saturated heterocycles. The fraction of sp³-hybridized carbons (Fsp3) is 0.387. The van der Waals surface area contributed by atoms with E-state index in [0.717, 1.165) is 91.1 Å². The van der Waals surface area contributed by atoms with Gasteiger partial charge in [-0.15, -0.1) is 0 Å². The number of thiazole rings is 1. The zero-order chi connectivity index (χ0) is 29.2. The fourth-order valence-electron chi connectivity index (χ4n) is 5.70. The molecule has 0 spiro atoms. The molecule has 10 nitrogen and oxygen atoms in total. The Hall–Kier alpha value is -3.77. The van der Waals surface area contributed by atoms with Crippen molar-refractivity contribution in [1.29, 1.82) is 0 Å². The highest BCUT2D eigenvalue weighted by Gasteiger charge is 2.23. The summed E-state index contributed by atoms with van der Waals surface area (Å²) < 4.78 is 13.5. The van der Waals surface area contributed by atoms with E-state index in [9.17, 15) is 14.7 Å². The third kappa shape index (κ3) is 5.78. The average Bonchev–Trinajstić information content (AvgIpc) is 3.67. The Kier molecular flexibility index (Phi) is 8.25. The molecule has 0 aliphatic carbocycles. The van der Waals surface area contributed by atoms with Gasteiger partial charge in [0, 0.05) is 83.7 Å². The van der Waals surface area contributed by atoms with Crippen molar-refractivity contribution in [2.45, 2.75) is 12.5 Å². The molecule has 220 valence electrons. The number of carbonyl (C=O) groups is 1. The number of methoxy groups -OCH3 is 2. The van der Waals surface area contributed by atoms with E-state index < -0.39 is 11.4 Å². The van der Waals surface area contributed by atoms with Crippen LogP contribution in [0.2, 0.25) is 0 Å². The van der Waals surface area contributed by atoms with Crippen LogP contribution in [0.1, 0.15) is 16.8 Å². The van der Waals surface area contributed by atoms with Crippen LogP contribution in [-0.2, 0) is 9.47 Å². The van der Waals surface area contributed by atoms with E-state index in [1.807, 2.05) is 42.5 Å². The van der Waals surface area contributed by atoms with Gasteiger partial charge in [-0.3, -0.25) is 9.69 Å². The molecule has 42 heavy (non-hydrogen) atoms. The first kappa shape index (κ1) is 28.4. The number of fused-ring (bicyclic) bond motifs is 1. The van der Waals surface area contributed by atoms with Gasteiger partial charge >= 0.3 is 5.97 Å². The highest BCUT2D eigenvalue weighted by Crippen LogP contribution is 2.33. The second-order valence-electron chi connectivity index (χ2n) is 10.7. The smallest absolute Gasteiger partial charge is 0.341 e. The van der Waals surface area contributed by atoms with Crippen LogP contribution < -0.4 is 15.2 Å². The summed E-state index contributed by atoms with van der Waals surface area (Å²) in [4.78, 5) is 36.6.